The van der Waals surface area contributed by atoms with E-state index < -0.39 is 0 Å². The van der Waals surface area contributed by atoms with Gasteiger partial charge in [-0.05, 0) is 37.4 Å². The van der Waals surface area contributed by atoms with Gasteiger partial charge in [-0.2, -0.15) is 0 Å². The Morgan fingerprint density at radius 2 is 2.10 bits per heavy atom. The third-order valence-corrected chi connectivity index (χ3v) is 5.01. The summed E-state index contributed by atoms with van der Waals surface area (Å²) < 4.78 is 0. The van der Waals surface area contributed by atoms with Crippen molar-refractivity contribution in [3.63, 3.8) is 0 Å². The smallest absolute Gasteiger partial charge is 0.261 e. The molecule has 0 aromatic carbocycles. The van der Waals surface area contributed by atoms with Crippen molar-refractivity contribution in [3.8, 4) is 0 Å². The molecular weight excluding hydrogens is 270 g/mol. The van der Waals surface area contributed by atoms with Crippen LogP contribution < -0.4 is 5.32 Å². The van der Waals surface area contributed by atoms with E-state index >= 15 is 0 Å². The minimum Gasteiger partial charge on any atom is -0.350 e. The number of piperazine rings is 1. The predicted molar refractivity (Wildman–Crippen MR) is 84.6 cm³/mol. The van der Waals surface area contributed by atoms with E-state index in [1.54, 1.807) is 0 Å². The van der Waals surface area contributed by atoms with Crippen molar-refractivity contribution < 1.29 is 4.79 Å². The van der Waals surface area contributed by atoms with Crippen LogP contribution in [0.2, 0.25) is 0 Å². The number of carbonyl (C=O) groups excluding carboxylic acids is 1. The maximum Gasteiger partial charge on any atom is 0.261 e. The Morgan fingerprint density at radius 1 is 1.40 bits per heavy atom. The molecule has 0 radical (unpaired) electrons. The van der Waals surface area contributed by atoms with Gasteiger partial charge in [-0.25, -0.2) is 0 Å². The molecule has 112 valence electrons. The highest BCUT2D eigenvalue weighted by molar-refractivity contribution is 7.12. The summed E-state index contributed by atoms with van der Waals surface area (Å²) in [7, 11) is 2.16. The highest BCUT2D eigenvalue weighted by Crippen LogP contribution is 2.17. The maximum atomic E-state index is 12.2. The molecule has 5 heteroatoms. The first-order valence-electron chi connectivity index (χ1n) is 7.39. The molecule has 1 atom stereocenters. The lowest BCUT2D eigenvalue weighted by Gasteiger charge is -2.36. The molecule has 1 aromatic heterocycles. The molecule has 2 heterocycles. The average Bonchev–Trinajstić information content (AvgIpc) is 2.93. The molecule has 1 fully saturated rings. The van der Waals surface area contributed by atoms with Gasteiger partial charge in [0, 0.05) is 38.8 Å². The Bertz CT molecular complexity index is 438. The van der Waals surface area contributed by atoms with Crippen molar-refractivity contribution in [2.24, 2.45) is 0 Å². The maximum absolute atomic E-state index is 12.2. The van der Waals surface area contributed by atoms with Gasteiger partial charge in [0.2, 0.25) is 0 Å². The van der Waals surface area contributed by atoms with Crippen LogP contribution in [0.3, 0.4) is 0 Å². The fourth-order valence-electron chi connectivity index (χ4n) is 2.53. The highest BCUT2D eigenvalue weighted by atomic mass is 32.1. The van der Waals surface area contributed by atoms with Gasteiger partial charge in [-0.15, -0.1) is 11.3 Å². The monoisotopic (exact) mass is 295 g/mol. The van der Waals surface area contributed by atoms with E-state index in [2.05, 4.69) is 36.0 Å². The average molecular weight is 295 g/mol. The van der Waals surface area contributed by atoms with Crippen molar-refractivity contribution in [2.75, 3.05) is 39.8 Å². The van der Waals surface area contributed by atoms with Gasteiger partial charge in [-0.3, -0.25) is 9.69 Å². The molecule has 0 spiro atoms. The Morgan fingerprint density at radius 3 is 2.75 bits per heavy atom. The molecule has 2 rings (SSSR count). The molecular formula is C15H25N3OS. The zero-order valence-electron chi connectivity index (χ0n) is 12.7. The van der Waals surface area contributed by atoms with E-state index in [0.717, 1.165) is 49.6 Å². The highest BCUT2D eigenvalue weighted by Gasteiger charge is 2.20. The van der Waals surface area contributed by atoms with Crippen molar-refractivity contribution in [3.05, 3.63) is 21.9 Å². The van der Waals surface area contributed by atoms with Crippen LogP contribution >= 0.6 is 11.3 Å². The van der Waals surface area contributed by atoms with Gasteiger partial charge in [-0.1, -0.05) is 6.92 Å². The molecule has 4 nitrogen and oxygen atoms in total. The second-order valence-corrected chi connectivity index (χ2v) is 6.44. The van der Waals surface area contributed by atoms with Gasteiger partial charge in [0.1, 0.15) is 0 Å². The number of aryl methyl sites for hydroxylation is 1. The predicted octanol–water partition coefficient (Wildman–Crippen LogP) is 1.68. The minimum absolute atomic E-state index is 0.0813. The standard InChI is InChI=1S/C15H25N3OS/c1-4-13-5-10-20-14(13)15(19)16-11-12(2)18-8-6-17(3)7-9-18/h5,10,12H,4,6-9,11H2,1-3H3,(H,16,19)/t12-/m0/s1. The number of nitrogens with one attached hydrogen (secondary N) is 1. The van der Waals surface area contributed by atoms with E-state index in [1.165, 1.54) is 11.3 Å². The van der Waals surface area contributed by atoms with E-state index in [0.29, 0.717) is 6.04 Å². The first-order chi connectivity index (χ1) is 9.61. The summed E-state index contributed by atoms with van der Waals surface area (Å²) in [6.45, 7) is 9.42. The number of hydrogen-bond donors (Lipinski definition) is 1. The molecule has 0 aliphatic carbocycles. The Hall–Kier alpha value is -0.910. The number of rotatable bonds is 5. The molecule has 1 N–H and O–H groups in total. The summed E-state index contributed by atoms with van der Waals surface area (Å²) in [4.78, 5) is 17.9. The van der Waals surface area contributed by atoms with Crippen LogP contribution in [0, 0.1) is 0 Å². The second-order valence-electron chi connectivity index (χ2n) is 5.53. The molecule has 0 bridgehead atoms. The fraction of sp³-hybridized carbons (Fsp3) is 0.667. The van der Waals surface area contributed by atoms with Crippen molar-refractivity contribution in [1.29, 1.82) is 0 Å². The van der Waals surface area contributed by atoms with Crippen LogP contribution in [-0.2, 0) is 6.42 Å². The number of amides is 1. The van der Waals surface area contributed by atoms with E-state index in [-0.39, 0.29) is 5.91 Å². The van der Waals surface area contributed by atoms with Crippen LogP contribution in [0.15, 0.2) is 11.4 Å². The molecule has 0 unspecified atom stereocenters. The summed E-state index contributed by atoms with van der Waals surface area (Å²) in [6.07, 6.45) is 0.917. The summed E-state index contributed by atoms with van der Waals surface area (Å²) in [6, 6.07) is 2.45. The Labute approximate surface area is 125 Å². The molecule has 1 aliphatic heterocycles. The molecule has 1 aromatic rings. The third-order valence-electron chi connectivity index (χ3n) is 4.05. The van der Waals surface area contributed by atoms with Crippen LogP contribution in [0.1, 0.15) is 29.1 Å². The first-order valence-corrected chi connectivity index (χ1v) is 8.27. The molecule has 0 saturated carbocycles. The Kier molecular flexibility index (Phi) is 5.57. The molecule has 1 saturated heterocycles. The first kappa shape index (κ1) is 15.5. The number of carbonyl (C=O) groups is 1. The minimum atomic E-state index is 0.0813. The zero-order chi connectivity index (χ0) is 14.5. The van der Waals surface area contributed by atoms with Crippen LogP contribution in [0.25, 0.3) is 0 Å². The summed E-state index contributed by atoms with van der Waals surface area (Å²) >= 11 is 1.54. The lowest BCUT2D eigenvalue weighted by molar-refractivity contribution is 0.0906. The molecule has 20 heavy (non-hydrogen) atoms. The van der Waals surface area contributed by atoms with E-state index in [9.17, 15) is 4.79 Å². The third kappa shape index (κ3) is 3.81. The Balaban J connectivity index is 1.81. The van der Waals surface area contributed by atoms with E-state index in [4.69, 9.17) is 0 Å². The topological polar surface area (TPSA) is 35.6 Å². The van der Waals surface area contributed by atoms with Crippen LogP contribution in [0.4, 0.5) is 0 Å². The van der Waals surface area contributed by atoms with Crippen LogP contribution in [-0.4, -0.2) is 61.5 Å². The lowest BCUT2D eigenvalue weighted by atomic mass is 10.2. The quantitative estimate of drug-likeness (QED) is 0.898. The SMILES string of the molecule is CCc1ccsc1C(=O)NC[C@H](C)N1CCN(C)CC1. The van der Waals surface area contributed by atoms with Gasteiger partial charge in [0.25, 0.3) is 5.91 Å². The largest absolute Gasteiger partial charge is 0.350 e. The van der Waals surface area contributed by atoms with Gasteiger partial charge in [0.15, 0.2) is 0 Å². The van der Waals surface area contributed by atoms with Crippen molar-refractivity contribution >= 4 is 17.2 Å². The number of nitrogens with zero attached hydrogens (tertiary/aromatic N) is 2. The fourth-order valence-corrected chi connectivity index (χ4v) is 3.44. The summed E-state index contributed by atoms with van der Waals surface area (Å²) in [5.74, 6) is 0.0813. The number of hydrogen-bond acceptors (Lipinski definition) is 4. The van der Waals surface area contributed by atoms with Crippen LogP contribution in [0.5, 0.6) is 0 Å². The number of thiophene rings is 1. The summed E-state index contributed by atoms with van der Waals surface area (Å²) in [5, 5.41) is 5.08. The van der Waals surface area contributed by atoms with Gasteiger partial charge in [0.05, 0.1) is 4.88 Å². The number of likely N-dealkylation sites (N-methyl/N-ethyl adjacent to an activating group) is 1. The van der Waals surface area contributed by atoms with Crippen molar-refractivity contribution in [1.82, 2.24) is 15.1 Å². The molecule has 1 aliphatic rings. The summed E-state index contributed by atoms with van der Waals surface area (Å²) in [5.41, 5.74) is 1.15. The lowest BCUT2D eigenvalue weighted by Crippen LogP contribution is -2.51. The van der Waals surface area contributed by atoms with Gasteiger partial charge >= 0.3 is 0 Å². The molecule has 1 amide bonds. The van der Waals surface area contributed by atoms with Crippen molar-refractivity contribution in [2.45, 2.75) is 26.3 Å². The van der Waals surface area contributed by atoms with E-state index in [1.807, 2.05) is 11.4 Å². The second kappa shape index (κ2) is 7.20. The van der Waals surface area contributed by atoms with Gasteiger partial charge < -0.3 is 10.2 Å². The normalized spacial score (nSPS) is 18.9. The zero-order valence-corrected chi connectivity index (χ0v) is 13.5.